The van der Waals surface area contributed by atoms with Gasteiger partial charge in [0.05, 0.1) is 0 Å². The first-order valence-electron chi connectivity index (χ1n) is 6.31. The maximum Gasteiger partial charge on any atom is 0.327 e. The van der Waals surface area contributed by atoms with Gasteiger partial charge in [0.2, 0.25) is 0 Å². The molecule has 106 valence electrons. The standard InChI is InChI=1S/C14H15NO4S/c1-13(2)10(12(17)18)15-11(16)8-5-3-4-6-9(8)14(15,19)7-20-13/h3-6,10,19H,7H2,1-2H3,(H,17,18)/t10-,14?/m1/s1. The number of carbonyl (C=O) groups is 2. The van der Waals surface area contributed by atoms with Gasteiger partial charge in [-0.25, -0.2) is 4.79 Å². The molecular formula is C14H15NO4S. The SMILES string of the molecule is CC1(C)SCC2(O)c3ccccc3C(=O)N2[C@@H]1C(=O)O. The number of aliphatic hydroxyl groups is 1. The number of rotatable bonds is 1. The molecule has 0 spiro atoms. The van der Waals surface area contributed by atoms with E-state index in [0.717, 1.165) is 4.90 Å². The van der Waals surface area contributed by atoms with Crippen molar-refractivity contribution in [3.63, 3.8) is 0 Å². The predicted octanol–water partition coefficient (Wildman–Crippen LogP) is 1.27. The Morgan fingerprint density at radius 3 is 2.70 bits per heavy atom. The highest BCUT2D eigenvalue weighted by Gasteiger charge is 2.60. The van der Waals surface area contributed by atoms with Crippen molar-refractivity contribution in [2.45, 2.75) is 30.4 Å². The predicted molar refractivity (Wildman–Crippen MR) is 74.5 cm³/mol. The topological polar surface area (TPSA) is 77.8 Å². The number of nitrogens with zero attached hydrogens (tertiary/aromatic N) is 1. The molecule has 1 amide bonds. The molecule has 1 saturated heterocycles. The largest absolute Gasteiger partial charge is 0.480 e. The molecule has 0 aliphatic carbocycles. The van der Waals surface area contributed by atoms with Gasteiger partial charge in [-0.1, -0.05) is 18.2 Å². The van der Waals surface area contributed by atoms with E-state index in [0.29, 0.717) is 11.1 Å². The van der Waals surface area contributed by atoms with Gasteiger partial charge >= 0.3 is 5.97 Å². The van der Waals surface area contributed by atoms with Crippen molar-refractivity contribution in [3.05, 3.63) is 35.4 Å². The quantitative estimate of drug-likeness (QED) is 0.815. The van der Waals surface area contributed by atoms with E-state index in [2.05, 4.69) is 0 Å². The van der Waals surface area contributed by atoms with Crippen LogP contribution in [0.4, 0.5) is 0 Å². The third-order valence-corrected chi connectivity index (χ3v) is 5.52. The molecule has 0 bridgehead atoms. The number of carboxylic acids is 1. The van der Waals surface area contributed by atoms with Crippen molar-refractivity contribution < 1.29 is 19.8 Å². The zero-order valence-corrected chi connectivity index (χ0v) is 12.0. The number of hydrogen-bond donors (Lipinski definition) is 2. The number of amides is 1. The smallest absolute Gasteiger partial charge is 0.327 e. The molecule has 2 atom stereocenters. The summed E-state index contributed by atoms with van der Waals surface area (Å²) >= 11 is 1.37. The van der Waals surface area contributed by atoms with E-state index in [1.54, 1.807) is 38.1 Å². The molecule has 0 radical (unpaired) electrons. The van der Waals surface area contributed by atoms with Gasteiger partial charge in [-0.2, -0.15) is 0 Å². The highest BCUT2D eigenvalue weighted by Crippen LogP contribution is 2.50. The van der Waals surface area contributed by atoms with E-state index < -0.39 is 28.4 Å². The van der Waals surface area contributed by atoms with E-state index in [1.807, 2.05) is 0 Å². The number of fused-ring (bicyclic) bond motifs is 3. The van der Waals surface area contributed by atoms with Crippen LogP contribution in [0.25, 0.3) is 0 Å². The zero-order chi connectivity index (χ0) is 14.7. The molecule has 3 rings (SSSR count). The van der Waals surface area contributed by atoms with Crippen molar-refractivity contribution >= 4 is 23.6 Å². The molecule has 1 aromatic rings. The van der Waals surface area contributed by atoms with Crippen molar-refractivity contribution in [2.24, 2.45) is 0 Å². The minimum absolute atomic E-state index is 0.270. The molecule has 2 heterocycles. The van der Waals surface area contributed by atoms with Crippen molar-refractivity contribution in [3.8, 4) is 0 Å². The first-order chi connectivity index (χ1) is 9.29. The van der Waals surface area contributed by atoms with Crippen LogP contribution in [0, 0.1) is 0 Å². The number of benzene rings is 1. The molecule has 0 saturated carbocycles. The van der Waals surface area contributed by atoms with Crippen LogP contribution in [0.5, 0.6) is 0 Å². The van der Waals surface area contributed by atoms with Crippen LogP contribution in [0.3, 0.4) is 0 Å². The van der Waals surface area contributed by atoms with Gasteiger partial charge in [-0.05, 0) is 19.9 Å². The Balaban J connectivity index is 2.20. The summed E-state index contributed by atoms with van der Waals surface area (Å²) in [5.41, 5.74) is -0.643. The second-order valence-electron chi connectivity index (χ2n) is 5.67. The van der Waals surface area contributed by atoms with Crippen LogP contribution in [-0.2, 0) is 10.5 Å². The van der Waals surface area contributed by atoms with Crippen LogP contribution >= 0.6 is 11.8 Å². The summed E-state index contributed by atoms with van der Waals surface area (Å²) in [6, 6.07) is 5.71. The highest BCUT2D eigenvalue weighted by molar-refractivity contribution is 8.00. The number of aliphatic carboxylic acids is 1. The molecule has 5 nitrogen and oxygen atoms in total. The Hall–Kier alpha value is -1.53. The lowest BCUT2D eigenvalue weighted by Crippen LogP contribution is -2.64. The van der Waals surface area contributed by atoms with Crippen LogP contribution < -0.4 is 0 Å². The second kappa shape index (κ2) is 3.99. The summed E-state index contributed by atoms with van der Waals surface area (Å²) in [6.07, 6.45) is 0. The Morgan fingerprint density at radius 1 is 1.40 bits per heavy atom. The fourth-order valence-electron chi connectivity index (χ4n) is 3.01. The maximum absolute atomic E-state index is 12.5. The third-order valence-electron chi connectivity index (χ3n) is 4.00. The molecule has 2 N–H and O–H groups in total. The van der Waals surface area contributed by atoms with Crippen molar-refractivity contribution in [1.29, 1.82) is 0 Å². The lowest BCUT2D eigenvalue weighted by atomic mass is 9.97. The lowest BCUT2D eigenvalue weighted by Gasteiger charge is -2.49. The van der Waals surface area contributed by atoms with E-state index in [-0.39, 0.29) is 5.75 Å². The van der Waals surface area contributed by atoms with E-state index in [9.17, 15) is 19.8 Å². The molecule has 1 aromatic carbocycles. The second-order valence-corrected chi connectivity index (χ2v) is 7.30. The van der Waals surface area contributed by atoms with Crippen LogP contribution in [0.2, 0.25) is 0 Å². The average molecular weight is 293 g/mol. The minimum Gasteiger partial charge on any atom is -0.480 e. The summed E-state index contributed by atoms with van der Waals surface area (Å²) in [4.78, 5) is 25.3. The van der Waals surface area contributed by atoms with Gasteiger partial charge in [0.1, 0.15) is 6.04 Å². The molecule has 1 fully saturated rings. The van der Waals surface area contributed by atoms with Crippen LogP contribution in [-0.4, -0.2) is 43.5 Å². The Bertz CT molecular complexity index is 615. The minimum atomic E-state index is -1.53. The van der Waals surface area contributed by atoms with Crippen LogP contribution in [0.1, 0.15) is 29.8 Å². The van der Waals surface area contributed by atoms with Gasteiger partial charge in [0.25, 0.3) is 5.91 Å². The maximum atomic E-state index is 12.5. The zero-order valence-electron chi connectivity index (χ0n) is 11.2. The van der Waals surface area contributed by atoms with Crippen molar-refractivity contribution in [2.75, 3.05) is 5.75 Å². The third kappa shape index (κ3) is 1.55. The van der Waals surface area contributed by atoms with Crippen LogP contribution in [0.15, 0.2) is 24.3 Å². The van der Waals surface area contributed by atoms with Crippen molar-refractivity contribution in [1.82, 2.24) is 4.90 Å². The van der Waals surface area contributed by atoms with E-state index in [1.165, 1.54) is 11.8 Å². The fraction of sp³-hybridized carbons (Fsp3) is 0.429. The van der Waals surface area contributed by atoms with E-state index in [4.69, 9.17) is 0 Å². The number of carbonyl (C=O) groups excluding carboxylic acids is 1. The number of carboxylic acid groups (broad SMARTS) is 1. The summed E-state index contributed by atoms with van der Waals surface area (Å²) in [7, 11) is 0. The fourth-order valence-corrected chi connectivity index (χ4v) is 4.24. The summed E-state index contributed by atoms with van der Waals surface area (Å²) in [5.74, 6) is -1.24. The molecule has 20 heavy (non-hydrogen) atoms. The molecule has 0 aromatic heterocycles. The molecular weight excluding hydrogens is 278 g/mol. The first-order valence-corrected chi connectivity index (χ1v) is 7.30. The lowest BCUT2D eigenvalue weighted by molar-refractivity contribution is -0.156. The number of thioether (sulfide) groups is 1. The molecule has 2 aliphatic heterocycles. The molecule has 6 heteroatoms. The average Bonchev–Trinajstić information content (AvgIpc) is 2.60. The molecule has 1 unspecified atom stereocenters. The molecule has 2 aliphatic rings. The van der Waals surface area contributed by atoms with Gasteiger partial charge in [0, 0.05) is 21.6 Å². The normalized spacial score (nSPS) is 30.9. The Labute approximate surface area is 120 Å². The van der Waals surface area contributed by atoms with Gasteiger partial charge < -0.3 is 10.2 Å². The number of hydrogen-bond acceptors (Lipinski definition) is 4. The van der Waals surface area contributed by atoms with E-state index >= 15 is 0 Å². The summed E-state index contributed by atoms with van der Waals surface area (Å²) in [6.45, 7) is 3.57. The summed E-state index contributed by atoms with van der Waals surface area (Å²) < 4.78 is -0.657. The van der Waals surface area contributed by atoms with Gasteiger partial charge in [-0.3, -0.25) is 9.69 Å². The Morgan fingerprint density at radius 2 is 2.05 bits per heavy atom. The van der Waals surface area contributed by atoms with Gasteiger partial charge in [0.15, 0.2) is 5.72 Å². The van der Waals surface area contributed by atoms with Gasteiger partial charge in [-0.15, -0.1) is 11.8 Å². The Kier molecular flexibility index (Phi) is 2.68. The monoisotopic (exact) mass is 293 g/mol. The summed E-state index contributed by atoms with van der Waals surface area (Å²) in [5, 5.41) is 20.4. The highest BCUT2D eigenvalue weighted by atomic mass is 32.2. The first kappa shape index (κ1) is 13.5.